The molecule has 1 atom stereocenters. The first-order chi connectivity index (χ1) is 11.1. The summed E-state index contributed by atoms with van der Waals surface area (Å²) in [5.74, 6) is 0.273. The van der Waals surface area contributed by atoms with Gasteiger partial charge in [0.15, 0.2) is 5.13 Å². The largest absolute Gasteiger partial charge is 0.349 e. The maximum atomic E-state index is 12.3. The highest BCUT2D eigenvalue weighted by atomic mass is 32.1. The average molecular weight is 329 g/mol. The van der Waals surface area contributed by atoms with Crippen molar-refractivity contribution in [3.8, 4) is 0 Å². The smallest absolute Gasteiger partial charge is 0.228 e. The van der Waals surface area contributed by atoms with Gasteiger partial charge < -0.3 is 10.6 Å². The third-order valence-corrected chi connectivity index (χ3v) is 4.51. The van der Waals surface area contributed by atoms with Crippen molar-refractivity contribution in [3.63, 3.8) is 0 Å². The van der Waals surface area contributed by atoms with Crippen LogP contribution < -0.4 is 10.6 Å². The molecule has 0 saturated heterocycles. The number of carbonyl (C=O) groups is 2. The van der Waals surface area contributed by atoms with E-state index in [9.17, 15) is 9.59 Å². The van der Waals surface area contributed by atoms with Gasteiger partial charge in [0.2, 0.25) is 11.8 Å². The molecule has 1 unspecified atom stereocenters. The molecule has 0 aliphatic heterocycles. The van der Waals surface area contributed by atoms with Crippen molar-refractivity contribution in [2.45, 2.75) is 38.1 Å². The molecule has 1 aromatic carbocycles. The second-order valence-electron chi connectivity index (χ2n) is 5.77. The molecule has 120 valence electrons. The van der Waals surface area contributed by atoms with Gasteiger partial charge in [0.1, 0.15) is 0 Å². The van der Waals surface area contributed by atoms with E-state index in [-0.39, 0.29) is 24.3 Å². The van der Waals surface area contributed by atoms with Crippen molar-refractivity contribution in [1.29, 1.82) is 0 Å². The molecule has 1 aliphatic rings. The summed E-state index contributed by atoms with van der Waals surface area (Å²) in [6, 6.07) is 9.17. The molecule has 2 aromatic rings. The van der Waals surface area contributed by atoms with Crippen molar-refractivity contribution in [1.82, 2.24) is 10.3 Å². The minimum atomic E-state index is -0.337. The molecule has 0 spiro atoms. The van der Waals surface area contributed by atoms with Crippen LogP contribution in [0.1, 0.15) is 49.4 Å². The fourth-order valence-corrected chi connectivity index (χ4v) is 3.26. The number of rotatable bonds is 6. The van der Waals surface area contributed by atoms with E-state index in [1.807, 2.05) is 35.7 Å². The van der Waals surface area contributed by atoms with E-state index in [4.69, 9.17) is 0 Å². The zero-order valence-corrected chi connectivity index (χ0v) is 13.7. The van der Waals surface area contributed by atoms with Gasteiger partial charge in [-0.3, -0.25) is 9.59 Å². The Balaban J connectivity index is 1.63. The lowest BCUT2D eigenvalue weighted by atomic mass is 10.0. The van der Waals surface area contributed by atoms with Crippen molar-refractivity contribution in [2.75, 3.05) is 5.32 Å². The summed E-state index contributed by atoms with van der Waals surface area (Å²) in [5.41, 5.74) is 1.99. The number of hydrogen-bond acceptors (Lipinski definition) is 4. The van der Waals surface area contributed by atoms with Gasteiger partial charge in [-0.1, -0.05) is 30.3 Å². The van der Waals surface area contributed by atoms with Gasteiger partial charge in [0.05, 0.1) is 18.2 Å². The van der Waals surface area contributed by atoms with Crippen molar-refractivity contribution in [2.24, 2.45) is 0 Å². The monoisotopic (exact) mass is 329 g/mol. The van der Waals surface area contributed by atoms with Gasteiger partial charge in [-0.25, -0.2) is 4.98 Å². The van der Waals surface area contributed by atoms with E-state index >= 15 is 0 Å². The van der Waals surface area contributed by atoms with Crippen LogP contribution in [0.3, 0.4) is 0 Å². The van der Waals surface area contributed by atoms with E-state index in [0.717, 1.165) is 11.3 Å². The molecule has 1 aromatic heterocycles. The number of aromatic nitrogens is 1. The first kappa shape index (κ1) is 15.7. The summed E-state index contributed by atoms with van der Waals surface area (Å²) in [6.07, 6.45) is 2.56. The van der Waals surface area contributed by atoms with Gasteiger partial charge >= 0.3 is 0 Å². The van der Waals surface area contributed by atoms with Gasteiger partial charge in [-0.05, 0) is 18.4 Å². The minimum Gasteiger partial charge on any atom is -0.349 e. The number of amides is 2. The Morgan fingerprint density at radius 1 is 1.30 bits per heavy atom. The highest BCUT2D eigenvalue weighted by Crippen LogP contribution is 2.40. The fraction of sp³-hybridized carbons (Fsp3) is 0.353. The second kappa shape index (κ2) is 6.91. The Morgan fingerprint density at radius 2 is 2.04 bits per heavy atom. The third kappa shape index (κ3) is 4.39. The zero-order valence-electron chi connectivity index (χ0n) is 12.9. The van der Waals surface area contributed by atoms with E-state index in [1.54, 1.807) is 0 Å². The summed E-state index contributed by atoms with van der Waals surface area (Å²) in [6.45, 7) is 1.45. The molecule has 1 fully saturated rings. The summed E-state index contributed by atoms with van der Waals surface area (Å²) in [4.78, 5) is 28.1. The van der Waals surface area contributed by atoms with Gasteiger partial charge in [-0.15, -0.1) is 11.3 Å². The van der Waals surface area contributed by atoms with Crippen LogP contribution in [0.4, 0.5) is 5.13 Å². The van der Waals surface area contributed by atoms with Crippen molar-refractivity contribution >= 4 is 28.3 Å². The Hall–Kier alpha value is -2.21. The van der Waals surface area contributed by atoms with Crippen LogP contribution in [0, 0.1) is 0 Å². The maximum absolute atomic E-state index is 12.3. The minimum absolute atomic E-state index is 0.149. The van der Waals surface area contributed by atoms with E-state index < -0.39 is 0 Å². The molecule has 0 radical (unpaired) electrons. The van der Waals surface area contributed by atoms with Crippen LogP contribution in [0.15, 0.2) is 35.7 Å². The van der Waals surface area contributed by atoms with Crippen LogP contribution in [0.25, 0.3) is 0 Å². The molecule has 1 aliphatic carbocycles. The number of nitrogens with zero attached hydrogens (tertiary/aromatic N) is 1. The second-order valence-corrected chi connectivity index (χ2v) is 6.63. The highest BCUT2D eigenvalue weighted by molar-refractivity contribution is 7.13. The fourth-order valence-electron chi connectivity index (χ4n) is 2.45. The molecule has 0 bridgehead atoms. The van der Waals surface area contributed by atoms with E-state index in [0.29, 0.717) is 11.0 Å². The number of hydrogen-bond donors (Lipinski definition) is 2. The normalized spacial score (nSPS) is 15.0. The molecular formula is C17H19N3O2S. The highest BCUT2D eigenvalue weighted by Gasteiger charge is 2.26. The van der Waals surface area contributed by atoms with Crippen LogP contribution in [-0.2, 0) is 9.59 Å². The topological polar surface area (TPSA) is 71.1 Å². The lowest BCUT2D eigenvalue weighted by Gasteiger charge is -2.17. The summed E-state index contributed by atoms with van der Waals surface area (Å²) >= 11 is 1.45. The zero-order chi connectivity index (χ0) is 16.2. The molecule has 2 amide bonds. The molecule has 1 saturated carbocycles. The number of nitrogens with one attached hydrogen (secondary N) is 2. The Morgan fingerprint density at radius 3 is 2.70 bits per heavy atom. The quantitative estimate of drug-likeness (QED) is 0.855. The molecule has 2 N–H and O–H groups in total. The van der Waals surface area contributed by atoms with E-state index in [2.05, 4.69) is 15.6 Å². The Kier molecular flexibility index (Phi) is 4.71. The third-order valence-electron chi connectivity index (χ3n) is 3.73. The van der Waals surface area contributed by atoms with Gasteiger partial charge in [-0.2, -0.15) is 0 Å². The predicted molar refractivity (Wildman–Crippen MR) is 90.3 cm³/mol. The molecule has 5 nitrogen and oxygen atoms in total. The standard InChI is InChI=1S/C17H19N3O2S/c1-11(21)18-14(12-5-3-2-4-6-12)9-16(22)20-17-19-15(10-23-17)13-7-8-13/h2-6,10,13-14H,7-9H2,1H3,(H,18,21)(H,19,20,22). The lowest BCUT2D eigenvalue weighted by Crippen LogP contribution is -2.29. The van der Waals surface area contributed by atoms with Gasteiger partial charge in [0.25, 0.3) is 0 Å². The molecule has 3 rings (SSSR count). The molecule has 23 heavy (non-hydrogen) atoms. The van der Waals surface area contributed by atoms with Crippen molar-refractivity contribution < 1.29 is 9.59 Å². The number of thiazole rings is 1. The van der Waals surface area contributed by atoms with Crippen LogP contribution in [-0.4, -0.2) is 16.8 Å². The molecule has 1 heterocycles. The summed E-state index contributed by atoms with van der Waals surface area (Å²) < 4.78 is 0. The summed E-state index contributed by atoms with van der Waals surface area (Å²) in [7, 11) is 0. The van der Waals surface area contributed by atoms with Crippen LogP contribution in [0.2, 0.25) is 0 Å². The first-order valence-electron chi connectivity index (χ1n) is 7.69. The molecule has 6 heteroatoms. The SMILES string of the molecule is CC(=O)NC(CC(=O)Nc1nc(C2CC2)cs1)c1ccccc1. The van der Waals surface area contributed by atoms with E-state index in [1.165, 1.54) is 31.1 Å². The number of anilines is 1. The van der Waals surface area contributed by atoms with Gasteiger partial charge in [0, 0.05) is 18.2 Å². The molecular weight excluding hydrogens is 310 g/mol. The number of benzene rings is 1. The predicted octanol–water partition coefficient (Wildman–Crippen LogP) is 3.23. The lowest BCUT2D eigenvalue weighted by molar-refractivity contribution is -0.120. The Labute approximate surface area is 139 Å². The number of carbonyl (C=O) groups excluding carboxylic acids is 2. The average Bonchev–Trinajstić information content (AvgIpc) is 3.27. The maximum Gasteiger partial charge on any atom is 0.228 e. The van der Waals surface area contributed by atoms with Crippen LogP contribution in [0.5, 0.6) is 0 Å². The van der Waals surface area contributed by atoms with Crippen molar-refractivity contribution in [3.05, 3.63) is 47.0 Å². The first-order valence-corrected chi connectivity index (χ1v) is 8.57. The summed E-state index contributed by atoms with van der Waals surface area (Å²) in [5, 5.41) is 8.31. The Bertz CT molecular complexity index is 695. The van der Waals surface area contributed by atoms with Crippen LogP contribution >= 0.6 is 11.3 Å².